The van der Waals surface area contributed by atoms with E-state index in [2.05, 4.69) is 0 Å². The Hall–Kier alpha value is -3.81. The summed E-state index contributed by atoms with van der Waals surface area (Å²) in [6, 6.07) is 23.1. The van der Waals surface area contributed by atoms with Gasteiger partial charge in [0.25, 0.3) is 11.1 Å². The number of hydrogen-bond donors (Lipinski definition) is 0. The Morgan fingerprint density at radius 1 is 0.974 bits per heavy atom. The van der Waals surface area contributed by atoms with Gasteiger partial charge in [0.15, 0.2) is 11.5 Å². The second-order valence-electron chi connectivity index (χ2n) is 8.58. The number of thioether (sulfide) groups is 1. The fourth-order valence-electron chi connectivity index (χ4n) is 4.20. The van der Waals surface area contributed by atoms with Crippen molar-refractivity contribution in [2.75, 3.05) is 6.61 Å². The highest BCUT2D eigenvalue weighted by molar-refractivity contribution is 8.18. The summed E-state index contributed by atoms with van der Waals surface area (Å²) in [6.07, 6.45) is 1.63. The first kappa shape index (κ1) is 25.8. The van der Waals surface area contributed by atoms with Gasteiger partial charge < -0.3 is 9.47 Å². The molecule has 192 valence electrons. The molecule has 0 bridgehead atoms. The van der Waals surface area contributed by atoms with Crippen LogP contribution < -0.4 is 9.47 Å². The average Bonchev–Trinajstić information content (AvgIpc) is 3.17. The summed E-state index contributed by atoms with van der Waals surface area (Å²) in [6.45, 7) is 2.56. The highest BCUT2D eigenvalue weighted by atomic mass is 35.5. The van der Waals surface area contributed by atoms with Crippen LogP contribution in [0.2, 0.25) is 5.02 Å². The van der Waals surface area contributed by atoms with E-state index in [1.807, 2.05) is 49.4 Å². The Morgan fingerprint density at radius 2 is 1.74 bits per heavy atom. The highest BCUT2D eigenvalue weighted by Gasteiger charge is 2.35. The van der Waals surface area contributed by atoms with Crippen LogP contribution in [0, 0.1) is 5.82 Å². The zero-order valence-corrected chi connectivity index (χ0v) is 22.0. The molecule has 0 saturated carbocycles. The van der Waals surface area contributed by atoms with E-state index in [0.717, 1.165) is 33.7 Å². The largest absolute Gasteiger partial charge is 0.490 e. The van der Waals surface area contributed by atoms with Crippen molar-refractivity contribution in [3.8, 4) is 11.5 Å². The molecule has 2 amide bonds. The molecule has 5 rings (SSSR count). The number of fused-ring (bicyclic) bond motifs is 1. The number of amides is 2. The number of hydrogen-bond acceptors (Lipinski definition) is 5. The van der Waals surface area contributed by atoms with Crippen molar-refractivity contribution in [2.24, 2.45) is 0 Å². The minimum Gasteiger partial charge on any atom is -0.490 e. The van der Waals surface area contributed by atoms with Gasteiger partial charge in [-0.15, -0.1) is 0 Å². The van der Waals surface area contributed by atoms with E-state index in [0.29, 0.717) is 33.6 Å². The number of benzene rings is 4. The van der Waals surface area contributed by atoms with E-state index in [-0.39, 0.29) is 30.1 Å². The molecule has 1 fully saturated rings. The number of imide groups is 1. The van der Waals surface area contributed by atoms with Crippen molar-refractivity contribution in [3.63, 3.8) is 0 Å². The van der Waals surface area contributed by atoms with Crippen LogP contribution in [0.3, 0.4) is 0 Å². The predicted molar refractivity (Wildman–Crippen MR) is 149 cm³/mol. The fraction of sp³-hybridized carbons (Fsp3) is 0.133. The van der Waals surface area contributed by atoms with Gasteiger partial charge in [-0.05, 0) is 76.5 Å². The molecule has 1 aliphatic rings. The van der Waals surface area contributed by atoms with Gasteiger partial charge in [-0.25, -0.2) is 4.39 Å². The summed E-state index contributed by atoms with van der Waals surface area (Å²) in [5.74, 6) is 0.0636. The third kappa shape index (κ3) is 5.54. The first-order chi connectivity index (χ1) is 18.4. The molecule has 5 nitrogen and oxygen atoms in total. The van der Waals surface area contributed by atoms with Crippen LogP contribution in [-0.2, 0) is 17.9 Å². The van der Waals surface area contributed by atoms with Crippen LogP contribution in [0.1, 0.15) is 23.6 Å². The number of rotatable bonds is 8. The molecule has 0 spiro atoms. The zero-order valence-electron chi connectivity index (χ0n) is 20.4. The van der Waals surface area contributed by atoms with Crippen LogP contribution in [0.15, 0.2) is 83.8 Å². The first-order valence-corrected chi connectivity index (χ1v) is 13.2. The van der Waals surface area contributed by atoms with Crippen molar-refractivity contribution in [3.05, 3.63) is 111 Å². The minimum absolute atomic E-state index is 0.173. The second kappa shape index (κ2) is 11.3. The van der Waals surface area contributed by atoms with Crippen LogP contribution >= 0.6 is 23.4 Å². The van der Waals surface area contributed by atoms with Crippen molar-refractivity contribution in [1.82, 2.24) is 4.90 Å². The monoisotopic (exact) mass is 547 g/mol. The summed E-state index contributed by atoms with van der Waals surface area (Å²) < 4.78 is 24.8. The lowest BCUT2D eigenvalue weighted by atomic mass is 10.0. The van der Waals surface area contributed by atoms with Crippen LogP contribution in [0.25, 0.3) is 16.8 Å². The molecule has 0 aliphatic carbocycles. The van der Waals surface area contributed by atoms with Gasteiger partial charge in [0.2, 0.25) is 0 Å². The predicted octanol–water partition coefficient (Wildman–Crippen LogP) is 7.85. The number of halogens is 2. The number of ether oxygens (including phenoxy) is 2. The lowest BCUT2D eigenvalue weighted by molar-refractivity contribution is -0.123. The van der Waals surface area contributed by atoms with Crippen molar-refractivity contribution in [2.45, 2.75) is 20.1 Å². The third-order valence-corrected chi connectivity index (χ3v) is 7.20. The molecule has 0 atom stereocenters. The Labute approximate surface area is 228 Å². The second-order valence-corrected chi connectivity index (χ2v) is 9.98. The number of carbonyl (C=O) groups is 2. The Bertz CT molecular complexity index is 1550. The highest BCUT2D eigenvalue weighted by Crippen LogP contribution is 2.40. The van der Waals surface area contributed by atoms with Crippen molar-refractivity contribution >= 4 is 51.4 Å². The average molecular weight is 548 g/mol. The van der Waals surface area contributed by atoms with Crippen molar-refractivity contribution in [1.29, 1.82) is 0 Å². The quantitative estimate of drug-likeness (QED) is 0.210. The van der Waals surface area contributed by atoms with E-state index in [1.54, 1.807) is 30.3 Å². The first-order valence-electron chi connectivity index (χ1n) is 12.0. The molecule has 8 heteroatoms. The summed E-state index contributed by atoms with van der Waals surface area (Å²) in [5.41, 5.74) is 2.27. The molecule has 4 aromatic rings. The van der Waals surface area contributed by atoms with E-state index in [1.165, 1.54) is 17.0 Å². The van der Waals surface area contributed by atoms with Gasteiger partial charge in [0, 0.05) is 0 Å². The van der Waals surface area contributed by atoms with Gasteiger partial charge in [0.1, 0.15) is 12.4 Å². The molecule has 38 heavy (non-hydrogen) atoms. The van der Waals surface area contributed by atoms with Gasteiger partial charge in [-0.1, -0.05) is 66.2 Å². The maximum absolute atomic E-state index is 13.2. The SMILES string of the molecule is CCOc1cc(/C=C2/SC(=O)N(Cc3cccc4ccccc34)C2=O)cc(Cl)c1OCc1ccc(F)cc1. The van der Waals surface area contributed by atoms with Gasteiger partial charge in [-0.2, -0.15) is 0 Å². The topological polar surface area (TPSA) is 55.8 Å². The lowest BCUT2D eigenvalue weighted by Gasteiger charge is -2.15. The normalized spacial score (nSPS) is 14.5. The molecule has 4 aromatic carbocycles. The molecule has 0 unspecified atom stereocenters. The standard InChI is InChI=1S/C30H23ClFNO4S/c1-2-36-26-15-20(14-25(31)28(26)37-18-19-10-12-23(32)13-11-19)16-27-29(34)33(30(35)38-27)17-22-8-5-7-21-6-3-4-9-24(21)22/h3-16H,2,17-18H2,1H3/b27-16+. The van der Waals surface area contributed by atoms with E-state index >= 15 is 0 Å². The molecule has 1 aliphatic heterocycles. The maximum atomic E-state index is 13.2. The summed E-state index contributed by atoms with van der Waals surface area (Å²) in [4.78, 5) is 27.6. The van der Waals surface area contributed by atoms with E-state index < -0.39 is 0 Å². The maximum Gasteiger partial charge on any atom is 0.293 e. The summed E-state index contributed by atoms with van der Waals surface area (Å²) >= 11 is 7.43. The van der Waals surface area contributed by atoms with Gasteiger partial charge in [0.05, 0.1) is 23.1 Å². The summed E-state index contributed by atoms with van der Waals surface area (Å²) in [5, 5.41) is 2.01. The molecular weight excluding hydrogens is 525 g/mol. The molecule has 0 radical (unpaired) electrons. The fourth-order valence-corrected chi connectivity index (χ4v) is 5.31. The number of nitrogens with zero attached hydrogens (tertiary/aromatic N) is 1. The van der Waals surface area contributed by atoms with E-state index in [4.69, 9.17) is 21.1 Å². The Balaban J connectivity index is 1.38. The minimum atomic E-state index is -0.362. The molecule has 1 heterocycles. The molecule has 0 N–H and O–H groups in total. The molecular formula is C30H23ClFNO4S. The third-order valence-electron chi connectivity index (χ3n) is 6.01. The van der Waals surface area contributed by atoms with Crippen molar-refractivity contribution < 1.29 is 23.5 Å². The van der Waals surface area contributed by atoms with Gasteiger partial charge >= 0.3 is 0 Å². The molecule has 0 aromatic heterocycles. The molecule has 1 saturated heterocycles. The lowest BCUT2D eigenvalue weighted by Crippen LogP contribution is -2.27. The summed E-state index contributed by atoms with van der Waals surface area (Å²) in [7, 11) is 0. The van der Waals surface area contributed by atoms with Gasteiger partial charge in [-0.3, -0.25) is 14.5 Å². The smallest absolute Gasteiger partial charge is 0.293 e. The number of carbonyl (C=O) groups excluding carboxylic acids is 2. The van der Waals surface area contributed by atoms with Crippen LogP contribution in [-0.4, -0.2) is 22.7 Å². The Morgan fingerprint density at radius 3 is 2.53 bits per heavy atom. The van der Waals surface area contributed by atoms with Crippen LogP contribution in [0.4, 0.5) is 9.18 Å². The Kier molecular flexibility index (Phi) is 7.67. The van der Waals surface area contributed by atoms with E-state index in [9.17, 15) is 14.0 Å². The van der Waals surface area contributed by atoms with Crippen LogP contribution in [0.5, 0.6) is 11.5 Å². The zero-order chi connectivity index (χ0) is 26.6.